The van der Waals surface area contributed by atoms with Crippen molar-refractivity contribution >= 4 is 23.3 Å². The van der Waals surface area contributed by atoms with Gasteiger partial charge in [-0.2, -0.15) is 0 Å². The molecular weight excluding hydrogens is 434 g/mol. The minimum Gasteiger partial charge on any atom is -0.457 e. The Balaban J connectivity index is 1.54. The number of anilines is 2. The molecule has 2 amide bonds. The molecule has 2 N–H and O–H groups in total. The number of carbonyl (C=O) groups is 2. The van der Waals surface area contributed by atoms with Gasteiger partial charge < -0.3 is 15.4 Å². The number of carbonyl (C=O) groups excluding carboxylic acids is 2. The highest BCUT2D eigenvalue weighted by molar-refractivity contribution is 6.05. The molecule has 2 heterocycles. The highest BCUT2D eigenvalue weighted by atomic mass is 16.5. The van der Waals surface area contributed by atoms with Crippen LogP contribution in [-0.2, 0) is 11.8 Å². The third-order valence-electron chi connectivity index (χ3n) is 5.09. The summed E-state index contributed by atoms with van der Waals surface area (Å²) in [6, 6.07) is 16.7. The molecular formula is C25H23N5O4. The molecule has 0 fully saturated rings. The summed E-state index contributed by atoms with van der Waals surface area (Å²) in [6.07, 6.45) is 1.48. The Morgan fingerprint density at radius 3 is 2.50 bits per heavy atom. The summed E-state index contributed by atoms with van der Waals surface area (Å²) in [7, 11) is 1.71. The van der Waals surface area contributed by atoms with E-state index in [0.717, 1.165) is 0 Å². The van der Waals surface area contributed by atoms with Gasteiger partial charge in [0.05, 0.1) is 12.8 Å². The van der Waals surface area contributed by atoms with Crippen molar-refractivity contribution in [3.8, 4) is 17.2 Å². The van der Waals surface area contributed by atoms with Crippen LogP contribution < -0.4 is 20.9 Å². The first-order valence-corrected chi connectivity index (χ1v) is 10.4. The number of amides is 2. The van der Waals surface area contributed by atoms with Crippen LogP contribution in [0.1, 0.15) is 24.3 Å². The second-order valence-electron chi connectivity index (χ2n) is 7.49. The standard InChI is InChI=1S/C25H23N5O4/c1-16-23(25(33)30(29(16)3)19-7-5-4-6-8-19)24(32)28-18-9-11-20(12-10-18)34-21-13-14-26-22(15-21)27-17(2)31/h4-15H,1-3H3,(H,28,32)(H,26,27,31)/i11D. The lowest BCUT2D eigenvalue weighted by Gasteiger charge is -2.09. The molecule has 0 atom stereocenters. The van der Waals surface area contributed by atoms with E-state index in [9.17, 15) is 14.4 Å². The lowest BCUT2D eigenvalue weighted by Crippen LogP contribution is -2.25. The first kappa shape index (κ1) is 21.2. The Morgan fingerprint density at radius 2 is 1.79 bits per heavy atom. The molecule has 0 aliphatic carbocycles. The summed E-state index contributed by atoms with van der Waals surface area (Å²) in [5.41, 5.74) is 1.08. The SMILES string of the molecule is [2H]c1cc(NC(=O)c2c(C)n(C)n(-c3ccccc3)c2=O)ccc1Oc1ccnc(NC(C)=O)c1. The number of nitrogens with zero attached hydrogens (tertiary/aromatic N) is 3. The molecule has 9 heteroatoms. The topological polar surface area (TPSA) is 107 Å². The van der Waals surface area contributed by atoms with E-state index >= 15 is 0 Å². The van der Waals surface area contributed by atoms with Gasteiger partial charge in [-0.25, -0.2) is 9.67 Å². The monoisotopic (exact) mass is 458 g/mol. The van der Waals surface area contributed by atoms with E-state index < -0.39 is 11.5 Å². The van der Waals surface area contributed by atoms with E-state index in [0.29, 0.717) is 28.6 Å². The number of ether oxygens (including phenoxy) is 1. The quantitative estimate of drug-likeness (QED) is 0.456. The van der Waals surface area contributed by atoms with Gasteiger partial charge in [0.25, 0.3) is 11.5 Å². The fourth-order valence-corrected chi connectivity index (χ4v) is 3.43. The highest BCUT2D eigenvalue weighted by Gasteiger charge is 2.22. The lowest BCUT2D eigenvalue weighted by atomic mass is 10.2. The number of nitrogens with one attached hydrogen (secondary N) is 2. The van der Waals surface area contributed by atoms with Gasteiger partial charge in [0.15, 0.2) is 0 Å². The Bertz CT molecular complexity index is 1480. The summed E-state index contributed by atoms with van der Waals surface area (Å²) in [6.45, 7) is 3.07. The molecule has 0 unspecified atom stereocenters. The number of hydrogen-bond acceptors (Lipinski definition) is 5. The van der Waals surface area contributed by atoms with Gasteiger partial charge in [-0.15, -0.1) is 0 Å². The van der Waals surface area contributed by atoms with Crippen LogP contribution in [0.25, 0.3) is 5.69 Å². The third kappa shape index (κ3) is 4.73. The van der Waals surface area contributed by atoms with Crippen molar-refractivity contribution in [1.29, 1.82) is 0 Å². The normalized spacial score (nSPS) is 11.0. The van der Waals surface area contributed by atoms with E-state index in [2.05, 4.69) is 15.6 Å². The van der Waals surface area contributed by atoms with Crippen molar-refractivity contribution in [2.24, 2.45) is 7.05 Å². The average Bonchev–Trinajstić information content (AvgIpc) is 3.04. The predicted octanol–water partition coefficient (Wildman–Crippen LogP) is 3.88. The number of aromatic nitrogens is 3. The van der Waals surface area contributed by atoms with Gasteiger partial charge in [-0.3, -0.25) is 19.1 Å². The van der Waals surface area contributed by atoms with E-state index in [1.165, 1.54) is 36.0 Å². The summed E-state index contributed by atoms with van der Waals surface area (Å²) >= 11 is 0. The number of pyridine rings is 1. The van der Waals surface area contributed by atoms with Crippen LogP contribution in [0.2, 0.25) is 0 Å². The minimum atomic E-state index is -0.570. The Labute approximate surface area is 197 Å². The molecule has 0 saturated carbocycles. The molecule has 0 aliphatic rings. The van der Waals surface area contributed by atoms with Gasteiger partial charge in [0, 0.05) is 31.9 Å². The molecule has 172 valence electrons. The number of para-hydroxylation sites is 1. The van der Waals surface area contributed by atoms with Crippen LogP contribution in [0.4, 0.5) is 11.5 Å². The molecule has 34 heavy (non-hydrogen) atoms. The zero-order valence-corrected chi connectivity index (χ0v) is 18.8. The molecule has 9 nitrogen and oxygen atoms in total. The lowest BCUT2D eigenvalue weighted by molar-refractivity contribution is -0.114. The first-order valence-electron chi connectivity index (χ1n) is 10.9. The van der Waals surface area contributed by atoms with Crippen LogP contribution in [0.3, 0.4) is 0 Å². The maximum absolute atomic E-state index is 13.1. The van der Waals surface area contributed by atoms with Gasteiger partial charge in [-0.05, 0) is 49.4 Å². The Hall–Kier alpha value is -4.66. The summed E-state index contributed by atoms with van der Waals surface area (Å²) in [4.78, 5) is 41.3. The summed E-state index contributed by atoms with van der Waals surface area (Å²) in [5.74, 6) is 0.116. The highest BCUT2D eigenvalue weighted by Crippen LogP contribution is 2.24. The van der Waals surface area contributed by atoms with Crippen LogP contribution in [0.5, 0.6) is 11.5 Å². The van der Waals surface area contributed by atoms with Gasteiger partial charge in [0.1, 0.15) is 22.9 Å². The van der Waals surface area contributed by atoms with Crippen LogP contribution in [0, 0.1) is 6.92 Å². The Morgan fingerprint density at radius 1 is 1.03 bits per heavy atom. The van der Waals surface area contributed by atoms with E-state index in [1.807, 2.05) is 18.2 Å². The van der Waals surface area contributed by atoms with Crippen molar-refractivity contribution < 1.29 is 15.7 Å². The van der Waals surface area contributed by atoms with Crippen LogP contribution >= 0.6 is 0 Å². The molecule has 2 aromatic carbocycles. The zero-order chi connectivity index (χ0) is 25.1. The fourth-order valence-electron chi connectivity index (χ4n) is 3.43. The smallest absolute Gasteiger partial charge is 0.284 e. The second-order valence-corrected chi connectivity index (χ2v) is 7.49. The minimum absolute atomic E-state index is 0.0190. The molecule has 0 spiro atoms. The average molecular weight is 458 g/mol. The first-order chi connectivity index (χ1) is 16.7. The molecule has 2 aromatic heterocycles. The zero-order valence-electron chi connectivity index (χ0n) is 19.8. The van der Waals surface area contributed by atoms with Gasteiger partial charge >= 0.3 is 0 Å². The van der Waals surface area contributed by atoms with Gasteiger partial charge in [0.2, 0.25) is 5.91 Å². The Kier molecular flexibility index (Phi) is 5.89. The van der Waals surface area contributed by atoms with Crippen LogP contribution in [0.15, 0.2) is 77.7 Å². The van der Waals surface area contributed by atoms with Crippen molar-refractivity contribution in [1.82, 2.24) is 14.3 Å². The molecule has 0 aliphatic heterocycles. The maximum Gasteiger partial charge on any atom is 0.284 e. The molecule has 0 radical (unpaired) electrons. The predicted molar refractivity (Wildman–Crippen MR) is 129 cm³/mol. The van der Waals surface area contributed by atoms with Crippen molar-refractivity contribution in [2.45, 2.75) is 13.8 Å². The van der Waals surface area contributed by atoms with Crippen molar-refractivity contribution in [3.63, 3.8) is 0 Å². The van der Waals surface area contributed by atoms with E-state index in [4.69, 9.17) is 6.11 Å². The summed E-state index contributed by atoms with van der Waals surface area (Å²) in [5, 5.41) is 5.26. The van der Waals surface area contributed by atoms with Crippen molar-refractivity contribution in [3.05, 3.63) is 94.5 Å². The maximum atomic E-state index is 13.1. The van der Waals surface area contributed by atoms with Crippen molar-refractivity contribution in [2.75, 3.05) is 10.6 Å². The van der Waals surface area contributed by atoms with Gasteiger partial charge in [-0.1, -0.05) is 18.2 Å². The number of benzene rings is 2. The number of rotatable bonds is 6. The van der Waals surface area contributed by atoms with E-state index in [1.54, 1.807) is 42.9 Å². The molecule has 0 saturated heterocycles. The fraction of sp³-hybridized carbons (Fsp3) is 0.120. The van der Waals surface area contributed by atoms with E-state index in [-0.39, 0.29) is 23.3 Å². The summed E-state index contributed by atoms with van der Waals surface area (Å²) < 4.78 is 17.1. The largest absolute Gasteiger partial charge is 0.457 e. The third-order valence-corrected chi connectivity index (χ3v) is 5.09. The molecule has 4 rings (SSSR count). The van der Waals surface area contributed by atoms with Crippen LogP contribution in [-0.4, -0.2) is 26.2 Å². The number of hydrogen-bond donors (Lipinski definition) is 2. The molecule has 4 aromatic rings. The molecule has 0 bridgehead atoms. The second kappa shape index (κ2) is 9.45.